The molecule has 2 rings (SSSR count). The van der Waals surface area contributed by atoms with Gasteiger partial charge in [0, 0.05) is 18.7 Å². The first-order valence-electron chi connectivity index (χ1n) is 8.06. The van der Waals surface area contributed by atoms with Crippen LogP contribution in [-0.4, -0.2) is 40.2 Å². The van der Waals surface area contributed by atoms with Crippen molar-refractivity contribution < 1.29 is 22.7 Å². The number of ether oxygens (including phenoxy) is 2. The van der Waals surface area contributed by atoms with Crippen LogP contribution >= 0.6 is 0 Å². The summed E-state index contributed by atoms with van der Waals surface area (Å²) in [6.07, 6.45) is 5.61. The lowest BCUT2D eigenvalue weighted by Crippen LogP contribution is -2.25. The van der Waals surface area contributed by atoms with E-state index in [0.29, 0.717) is 13.2 Å². The molecule has 0 aliphatic heterocycles. The summed E-state index contributed by atoms with van der Waals surface area (Å²) in [4.78, 5) is 11.8. The summed E-state index contributed by atoms with van der Waals surface area (Å²) in [5.41, 5.74) is 0.722. The van der Waals surface area contributed by atoms with E-state index in [2.05, 4.69) is 4.72 Å². The van der Waals surface area contributed by atoms with Crippen LogP contribution in [0.5, 0.6) is 0 Å². The molecular formula is C17H23NO5S. The Bertz CT molecular complexity index is 663. The Morgan fingerprint density at radius 3 is 2.54 bits per heavy atom. The highest BCUT2D eigenvalue weighted by molar-refractivity contribution is 7.89. The van der Waals surface area contributed by atoms with Gasteiger partial charge in [0.1, 0.15) is 6.61 Å². The molecule has 1 fully saturated rings. The van der Waals surface area contributed by atoms with E-state index in [1.165, 1.54) is 18.2 Å². The van der Waals surface area contributed by atoms with Gasteiger partial charge in [-0.1, -0.05) is 19.1 Å². The van der Waals surface area contributed by atoms with Crippen LogP contribution in [0.1, 0.15) is 31.7 Å². The lowest BCUT2D eigenvalue weighted by atomic mass is 10.2. The third kappa shape index (κ3) is 6.43. The van der Waals surface area contributed by atoms with Gasteiger partial charge in [0.2, 0.25) is 10.0 Å². The van der Waals surface area contributed by atoms with Gasteiger partial charge in [-0.25, -0.2) is 17.9 Å². The molecule has 1 aliphatic carbocycles. The molecule has 0 spiro atoms. The molecule has 1 aromatic carbocycles. The fourth-order valence-electron chi connectivity index (χ4n) is 1.91. The first-order chi connectivity index (χ1) is 11.5. The summed E-state index contributed by atoms with van der Waals surface area (Å²) in [6, 6.07) is 6.42. The second kappa shape index (κ2) is 8.96. The fourth-order valence-corrected chi connectivity index (χ4v) is 3.21. The smallest absolute Gasteiger partial charge is 0.330 e. The number of benzene rings is 1. The molecule has 1 aromatic rings. The van der Waals surface area contributed by atoms with Crippen LogP contribution in [0.15, 0.2) is 35.2 Å². The molecule has 0 heterocycles. The molecule has 132 valence electrons. The maximum Gasteiger partial charge on any atom is 0.330 e. The lowest BCUT2D eigenvalue weighted by Gasteiger charge is -2.05. The standard InChI is InChI=1S/C17H23NO5S/c1-2-11-22-12-13-23-17(19)10-5-14-3-8-16(9-4-14)24(20,21)18-15-6-7-15/h3-5,8-10,15,18H,2,6-7,11-13H2,1H3/b10-5+. The van der Waals surface area contributed by atoms with E-state index in [1.54, 1.807) is 18.2 Å². The van der Waals surface area contributed by atoms with Crippen LogP contribution < -0.4 is 4.72 Å². The SMILES string of the molecule is CCCOCCOC(=O)/C=C/c1ccc(S(=O)(=O)NC2CC2)cc1. The molecular weight excluding hydrogens is 330 g/mol. The Labute approximate surface area is 142 Å². The zero-order valence-corrected chi connectivity index (χ0v) is 14.6. The highest BCUT2D eigenvalue weighted by Gasteiger charge is 2.27. The third-order valence-corrected chi connectivity index (χ3v) is 4.86. The van der Waals surface area contributed by atoms with Crippen molar-refractivity contribution in [3.05, 3.63) is 35.9 Å². The van der Waals surface area contributed by atoms with Crippen molar-refractivity contribution in [3.63, 3.8) is 0 Å². The minimum Gasteiger partial charge on any atom is -0.460 e. The van der Waals surface area contributed by atoms with Gasteiger partial charge in [0.25, 0.3) is 0 Å². The van der Waals surface area contributed by atoms with Crippen molar-refractivity contribution >= 4 is 22.1 Å². The number of hydrogen-bond acceptors (Lipinski definition) is 5. The zero-order chi connectivity index (χ0) is 17.4. The van der Waals surface area contributed by atoms with Crippen LogP contribution in [-0.2, 0) is 24.3 Å². The van der Waals surface area contributed by atoms with Crippen LogP contribution in [0.2, 0.25) is 0 Å². The number of rotatable bonds is 10. The van der Waals surface area contributed by atoms with E-state index < -0.39 is 16.0 Å². The second-order valence-electron chi connectivity index (χ2n) is 5.58. The Balaban J connectivity index is 1.81. The van der Waals surface area contributed by atoms with Crippen LogP contribution in [0.4, 0.5) is 0 Å². The molecule has 24 heavy (non-hydrogen) atoms. The molecule has 0 unspecified atom stereocenters. The number of carbonyl (C=O) groups excluding carboxylic acids is 1. The molecule has 1 N–H and O–H groups in total. The number of esters is 1. The summed E-state index contributed by atoms with van der Waals surface area (Å²) >= 11 is 0. The van der Waals surface area contributed by atoms with E-state index in [1.807, 2.05) is 6.92 Å². The number of carbonyl (C=O) groups is 1. The minimum atomic E-state index is -3.44. The number of nitrogens with one attached hydrogen (secondary N) is 1. The summed E-state index contributed by atoms with van der Waals surface area (Å²) in [7, 11) is -3.44. The molecule has 0 amide bonds. The van der Waals surface area contributed by atoms with Gasteiger partial charge < -0.3 is 9.47 Å². The average molecular weight is 353 g/mol. The van der Waals surface area contributed by atoms with Crippen molar-refractivity contribution in [2.75, 3.05) is 19.8 Å². The Kier molecular flexibility index (Phi) is 6.96. The first-order valence-corrected chi connectivity index (χ1v) is 9.54. The quantitative estimate of drug-likeness (QED) is 0.396. The summed E-state index contributed by atoms with van der Waals surface area (Å²) in [5, 5.41) is 0. The summed E-state index contributed by atoms with van der Waals surface area (Å²) in [6.45, 7) is 3.26. The topological polar surface area (TPSA) is 81.7 Å². The molecule has 0 bridgehead atoms. The van der Waals surface area contributed by atoms with E-state index in [9.17, 15) is 13.2 Å². The zero-order valence-electron chi connectivity index (χ0n) is 13.7. The molecule has 0 aromatic heterocycles. The predicted molar refractivity (Wildman–Crippen MR) is 90.9 cm³/mol. The Morgan fingerprint density at radius 2 is 1.92 bits per heavy atom. The van der Waals surface area contributed by atoms with Gasteiger partial charge in [-0.3, -0.25) is 0 Å². The average Bonchev–Trinajstić information content (AvgIpc) is 3.36. The molecule has 1 aliphatic rings. The summed E-state index contributed by atoms with van der Waals surface area (Å²) < 4.78 is 36.9. The van der Waals surface area contributed by atoms with Gasteiger partial charge in [-0.2, -0.15) is 0 Å². The molecule has 6 nitrogen and oxygen atoms in total. The minimum absolute atomic E-state index is 0.0747. The van der Waals surface area contributed by atoms with Crippen LogP contribution in [0.25, 0.3) is 6.08 Å². The van der Waals surface area contributed by atoms with Gasteiger partial charge in [0.15, 0.2) is 0 Å². The maximum absolute atomic E-state index is 12.0. The molecule has 7 heteroatoms. The van der Waals surface area contributed by atoms with Crippen LogP contribution in [0, 0.1) is 0 Å². The largest absolute Gasteiger partial charge is 0.460 e. The van der Waals surface area contributed by atoms with Crippen molar-refractivity contribution in [1.29, 1.82) is 0 Å². The molecule has 1 saturated carbocycles. The van der Waals surface area contributed by atoms with Crippen LogP contribution in [0.3, 0.4) is 0 Å². The normalized spacial score (nSPS) is 14.9. The van der Waals surface area contributed by atoms with Crippen molar-refractivity contribution in [1.82, 2.24) is 4.72 Å². The summed E-state index contributed by atoms with van der Waals surface area (Å²) in [5.74, 6) is -0.456. The van der Waals surface area contributed by atoms with Gasteiger partial charge >= 0.3 is 5.97 Å². The lowest BCUT2D eigenvalue weighted by molar-refractivity contribution is -0.139. The fraction of sp³-hybridized carbons (Fsp3) is 0.471. The molecule has 0 radical (unpaired) electrons. The second-order valence-corrected chi connectivity index (χ2v) is 7.29. The van der Waals surface area contributed by atoms with Gasteiger partial charge in [0.05, 0.1) is 11.5 Å². The van der Waals surface area contributed by atoms with Gasteiger partial charge in [-0.05, 0) is 43.0 Å². The van der Waals surface area contributed by atoms with E-state index >= 15 is 0 Å². The van der Waals surface area contributed by atoms with Crippen molar-refractivity contribution in [3.8, 4) is 0 Å². The van der Waals surface area contributed by atoms with E-state index in [4.69, 9.17) is 9.47 Å². The maximum atomic E-state index is 12.0. The van der Waals surface area contributed by atoms with Gasteiger partial charge in [-0.15, -0.1) is 0 Å². The highest BCUT2D eigenvalue weighted by atomic mass is 32.2. The Hall–Kier alpha value is -1.70. The first kappa shape index (κ1) is 18.6. The molecule has 0 saturated heterocycles. The van der Waals surface area contributed by atoms with E-state index in [0.717, 1.165) is 24.8 Å². The third-order valence-electron chi connectivity index (χ3n) is 3.32. The number of sulfonamides is 1. The van der Waals surface area contributed by atoms with Crippen molar-refractivity contribution in [2.24, 2.45) is 0 Å². The monoisotopic (exact) mass is 353 g/mol. The highest BCUT2D eigenvalue weighted by Crippen LogP contribution is 2.22. The van der Waals surface area contributed by atoms with Crippen molar-refractivity contribution in [2.45, 2.75) is 37.1 Å². The predicted octanol–water partition coefficient (Wildman–Crippen LogP) is 2.11. The number of hydrogen-bond donors (Lipinski definition) is 1. The van der Waals surface area contributed by atoms with E-state index in [-0.39, 0.29) is 17.5 Å². The molecule has 0 atom stereocenters. The Morgan fingerprint density at radius 1 is 1.21 bits per heavy atom.